The Balaban J connectivity index is 2.10. The number of anilines is 1. The van der Waals surface area contributed by atoms with Gasteiger partial charge in [-0.05, 0) is 52.9 Å². The number of nitrogens with one attached hydrogen (secondary N) is 1. The van der Waals surface area contributed by atoms with E-state index in [1.165, 1.54) is 0 Å². The van der Waals surface area contributed by atoms with E-state index in [1.54, 1.807) is 32.4 Å². The van der Waals surface area contributed by atoms with Gasteiger partial charge in [0.25, 0.3) is 0 Å². The van der Waals surface area contributed by atoms with E-state index in [4.69, 9.17) is 9.47 Å². The topological polar surface area (TPSA) is 97.8 Å². The van der Waals surface area contributed by atoms with Crippen LogP contribution in [0.25, 0.3) is 23.3 Å². The number of aliphatic hydroxyl groups is 1. The molecular formula is C27H32N2O5S. The number of methoxy groups -OCH3 is 2. The van der Waals surface area contributed by atoms with Crippen molar-refractivity contribution in [3.05, 3.63) is 70.9 Å². The summed E-state index contributed by atoms with van der Waals surface area (Å²) < 4.78 is 36.7. The van der Waals surface area contributed by atoms with E-state index in [9.17, 15) is 13.5 Å². The van der Waals surface area contributed by atoms with Crippen molar-refractivity contribution < 1.29 is 23.0 Å². The molecule has 1 heterocycles. The fourth-order valence-corrected chi connectivity index (χ4v) is 4.28. The van der Waals surface area contributed by atoms with Crippen molar-refractivity contribution in [2.45, 2.75) is 32.8 Å². The van der Waals surface area contributed by atoms with Crippen LogP contribution in [0.3, 0.4) is 0 Å². The highest BCUT2D eigenvalue weighted by Gasteiger charge is 2.23. The van der Waals surface area contributed by atoms with Crippen LogP contribution in [0.5, 0.6) is 11.6 Å². The van der Waals surface area contributed by atoms with Gasteiger partial charge in [0.2, 0.25) is 15.9 Å². The van der Waals surface area contributed by atoms with Gasteiger partial charge >= 0.3 is 0 Å². The molecule has 3 aromatic rings. The monoisotopic (exact) mass is 496 g/mol. The van der Waals surface area contributed by atoms with Gasteiger partial charge in [-0.3, -0.25) is 4.72 Å². The molecule has 0 unspecified atom stereocenters. The minimum atomic E-state index is -3.33. The Hall–Kier alpha value is -3.36. The summed E-state index contributed by atoms with van der Waals surface area (Å²) in [5.41, 5.74) is 5.36. The summed E-state index contributed by atoms with van der Waals surface area (Å²) in [5, 5.41) is 9.46. The SMILES string of the molecule is COc1nc(CO)ccc1-c1cc(C=Cc2ccc(NS(C)(=O)=O)cc2)c(OC)c(C(C)(C)C)c1. The maximum Gasteiger partial charge on any atom is 0.229 e. The maximum absolute atomic E-state index is 11.4. The Morgan fingerprint density at radius 3 is 2.23 bits per heavy atom. The number of pyridine rings is 1. The van der Waals surface area contributed by atoms with Crippen LogP contribution in [0.2, 0.25) is 0 Å². The molecule has 3 rings (SSSR count). The van der Waals surface area contributed by atoms with Gasteiger partial charge in [0, 0.05) is 22.4 Å². The highest BCUT2D eigenvalue weighted by atomic mass is 32.2. The lowest BCUT2D eigenvalue weighted by Crippen LogP contribution is -2.14. The van der Waals surface area contributed by atoms with Crippen LogP contribution in [0.15, 0.2) is 48.5 Å². The predicted molar refractivity (Wildman–Crippen MR) is 141 cm³/mol. The molecule has 7 nitrogen and oxygen atoms in total. The Bertz CT molecular complexity index is 1320. The number of nitrogens with zero attached hydrogens (tertiary/aromatic N) is 1. The summed E-state index contributed by atoms with van der Waals surface area (Å²) in [7, 11) is -0.110. The van der Waals surface area contributed by atoms with Crippen LogP contribution >= 0.6 is 0 Å². The quantitative estimate of drug-likeness (QED) is 0.421. The smallest absolute Gasteiger partial charge is 0.229 e. The van der Waals surface area contributed by atoms with Crippen molar-refractivity contribution >= 4 is 27.9 Å². The zero-order chi connectivity index (χ0) is 25.8. The summed E-state index contributed by atoms with van der Waals surface area (Å²) in [4.78, 5) is 4.41. The number of ether oxygens (including phenoxy) is 2. The molecule has 0 aliphatic rings. The first kappa shape index (κ1) is 26.2. The Morgan fingerprint density at radius 1 is 1.00 bits per heavy atom. The van der Waals surface area contributed by atoms with Gasteiger partial charge in [0.05, 0.1) is 32.8 Å². The molecule has 0 radical (unpaired) electrons. The van der Waals surface area contributed by atoms with Crippen LogP contribution < -0.4 is 14.2 Å². The van der Waals surface area contributed by atoms with Crippen molar-refractivity contribution in [2.75, 3.05) is 25.2 Å². The van der Waals surface area contributed by atoms with Gasteiger partial charge in [-0.15, -0.1) is 0 Å². The number of rotatable bonds is 8. The van der Waals surface area contributed by atoms with E-state index in [0.29, 0.717) is 17.3 Å². The van der Waals surface area contributed by atoms with Crippen LogP contribution in [-0.2, 0) is 22.0 Å². The lowest BCUT2D eigenvalue weighted by Gasteiger charge is -2.25. The molecular weight excluding hydrogens is 464 g/mol. The molecule has 2 N–H and O–H groups in total. The molecule has 0 amide bonds. The summed E-state index contributed by atoms with van der Waals surface area (Å²) in [6.45, 7) is 6.21. The highest BCUT2D eigenvalue weighted by molar-refractivity contribution is 7.92. The zero-order valence-electron chi connectivity index (χ0n) is 20.9. The first-order chi connectivity index (χ1) is 16.4. The molecule has 0 fully saturated rings. The number of hydrogen-bond donors (Lipinski definition) is 2. The highest BCUT2D eigenvalue weighted by Crippen LogP contribution is 2.40. The van der Waals surface area contributed by atoms with Gasteiger partial charge < -0.3 is 14.6 Å². The Labute approximate surface area is 207 Å². The molecule has 1 aromatic heterocycles. The third kappa shape index (κ3) is 6.61. The van der Waals surface area contributed by atoms with Crippen molar-refractivity contribution in [3.63, 3.8) is 0 Å². The molecule has 0 atom stereocenters. The van der Waals surface area contributed by atoms with Crippen LogP contribution in [-0.4, -0.2) is 39.0 Å². The maximum atomic E-state index is 11.4. The number of benzene rings is 2. The predicted octanol–water partition coefficient (Wildman–Crippen LogP) is 5.10. The standard InChI is InChI=1S/C27H32N2O5S/c1-27(2,3)24-16-20(23-14-13-22(17-30)28-26(23)34-5)15-19(25(24)33-4)10-7-18-8-11-21(12-9-18)29-35(6,31)32/h7-16,29-30H,17H2,1-6H3. The van der Waals surface area contributed by atoms with Crippen molar-refractivity contribution in [1.82, 2.24) is 4.98 Å². The molecule has 0 saturated heterocycles. The largest absolute Gasteiger partial charge is 0.496 e. The third-order valence-electron chi connectivity index (χ3n) is 5.38. The van der Waals surface area contributed by atoms with Crippen LogP contribution in [0.1, 0.15) is 43.2 Å². The van der Waals surface area contributed by atoms with Crippen LogP contribution in [0.4, 0.5) is 5.69 Å². The molecule has 186 valence electrons. The van der Waals surface area contributed by atoms with E-state index in [1.807, 2.05) is 36.4 Å². The van der Waals surface area contributed by atoms with E-state index in [0.717, 1.165) is 39.8 Å². The number of sulfonamides is 1. The number of hydrogen-bond acceptors (Lipinski definition) is 6. The van der Waals surface area contributed by atoms with Gasteiger partial charge in [0.15, 0.2) is 0 Å². The van der Waals surface area contributed by atoms with E-state index < -0.39 is 10.0 Å². The minimum Gasteiger partial charge on any atom is -0.496 e. The van der Waals surface area contributed by atoms with Gasteiger partial charge in [0.1, 0.15) is 5.75 Å². The Kier molecular flexibility index (Phi) is 7.87. The fourth-order valence-electron chi connectivity index (χ4n) is 3.72. The number of aromatic nitrogens is 1. The third-order valence-corrected chi connectivity index (χ3v) is 5.99. The second-order valence-electron chi connectivity index (χ2n) is 9.24. The molecule has 2 aromatic carbocycles. The fraction of sp³-hybridized carbons (Fsp3) is 0.296. The first-order valence-electron chi connectivity index (χ1n) is 11.1. The molecule has 0 spiro atoms. The minimum absolute atomic E-state index is 0.168. The molecule has 0 aliphatic carbocycles. The van der Waals surface area contributed by atoms with E-state index in [-0.39, 0.29) is 12.0 Å². The number of aliphatic hydroxyl groups excluding tert-OH is 1. The molecule has 0 aliphatic heterocycles. The van der Waals surface area contributed by atoms with Crippen LogP contribution in [0, 0.1) is 0 Å². The lowest BCUT2D eigenvalue weighted by molar-refractivity contribution is 0.274. The van der Waals surface area contributed by atoms with E-state index >= 15 is 0 Å². The molecule has 35 heavy (non-hydrogen) atoms. The van der Waals surface area contributed by atoms with Gasteiger partial charge in [-0.2, -0.15) is 0 Å². The zero-order valence-corrected chi connectivity index (χ0v) is 21.7. The Morgan fingerprint density at radius 2 is 1.69 bits per heavy atom. The average molecular weight is 497 g/mol. The van der Waals surface area contributed by atoms with Crippen molar-refractivity contribution in [1.29, 1.82) is 0 Å². The molecule has 0 saturated carbocycles. The van der Waals surface area contributed by atoms with Gasteiger partial charge in [-0.1, -0.05) is 45.1 Å². The first-order valence-corrected chi connectivity index (χ1v) is 13.0. The lowest BCUT2D eigenvalue weighted by atomic mass is 9.83. The van der Waals surface area contributed by atoms with Crippen molar-refractivity contribution in [3.8, 4) is 22.8 Å². The second-order valence-corrected chi connectivity index (χ2v) is 11.0. The summed E-state index contributed by atoms with van der Waals surface area (Å²) in [5.74, 6) is 1.21. The average Bonchev–Trinajstić information content (AvgIpc) is 2.81. The van der Waals surface area contributed by atoms with Crippen molar-refractivity contribution in [2.24, 2.45) is 0 Å². The normalized spacial score (nSPS) is 12.1. The molecule has 8 heteroatoms. The second kappa shape index (κ2) is 10.5. The summed E-state index contributed by atoms with van der Waals surface area (Å²) in [6.07, 6.45) is 5.04. The molecule has 0 bridgehead atoms. The van der Waals surface area contributed by atoms with E-state index in [2.05, 4.69) is 36.5 Å². The summed E-state index contributed by atoms with van der Waals surface area (Å²) in [6, 6.07) is 14.9. The van der Waals surface area contributed by atoms with Gasteiger partial charge in [-0.25, -0.2) is 13.4 Å². The summed E-state index contributed by atoms with van der Waals surface area (Å²) >= 11 is 0.